The number of para-hydroxylation sites is 1. The molecule has 3 rings (SSSR count). The van der Waals surface area contributed by atoms with E-state index < -0.39 is 0 Å². The molecule has 2 aromatic carbocycles. The second-order valence-corrected chi connectivity index (χ2v) is 5.06. The van der Waals surface area contributed by atoms with Gasteiger partial charge in [0.1, 0.15) is 0 Å². The zero-order valence-corrected chi connectivity index (χ0v) is 11.1. The molecule has 1 amide bonds. The summed E-state index contributed by atoms with van der Waals surface area (Å²) in [6, 6.07) is 12.0. The smallest absolute Gasteiger partial charge is 0.258 e. The van der Waals surface area contributed by atoms with E-state index in [-0.39, 0.29) is 23.4 Å². The highest BCUT2D eigenvalue weighted by Crippen LogP contribution is 2.34. The lowest BCUT2D eigenvalue weighted by molar-refractivity contribution is 0.0981. The topological polar surface area (TPSA) is 60.8 Å². The van der Waals surface area contributed by atoms with Crippen LogP contribution in [0.25, 0.3) is 0 Å². The Morgan fingerprint density at radius 2 is 1.90 bits per heavy atom. The maximum atomic E-state index is 12.6. The molecule has 0 saturated heterocycles. The van der Waals surface area contributed by atoms with Crippen molar-refractivity contribution in [3.63, 3.8) is 0 Å². The molecule has 2 N–H and O–H groups in total. The van der Waals surface area contributed by atoms with E-state index in [1.165, 1.54) is 18.2 Å². The Morgan fingerprint density at radius 1 is 1.15 bits per heavy atom. The van der Waals surface area contributed by atoms with E-state index in [2.05, 4.69) is 0 Å². The summed E-state index contributed by atoms with van der Waals surface area (Å²) in [5, 5.41) is 18.9. The summed E-state index contributed by atoms with van der Waals surface area (Å²) >= 11 is 0. The molecule has 0 bridgehead atoms. The summed E-state index contributed by atoms with van der Waals surface area (Å²) in [5.41, 5.74) is 2.43. The number of amides is 1. The Balaban J connectivity index is 2.00. The first kappa shape index (κ1) is 12.5. The number of hydrogen-bond acceptors (Lipinski definition) is 3. The number of carbonyl (C=O) groups excluding carboxylic acids is 1. The van der Waals surface area contributed by atoms with E-state index >= 15 is 0 Å². The van der Waals surface area contributed by atoms with Crippen LogP contribution < -0.4 is 4.90 Å². The van der Waals surface area contributed by atoms with Crippen LogP contribution in [0.2, 0.25) is 0 Å². The second-order valence-electron chi connectivity index (χ2n) is 5.06. The van der Waals surface area contributed by atoms with Crippen LogP contribution in [0.15, 0.2) is 42.5 Å². The SMILES string of the molecule is CC1Cc2ccccc2N1C(=O)c1ccc(O)c(O)c1. The fourth-order valence-corrected chi connectivity index (χ4v) is 2.67. The Labute approximate surface area is 116 Å². The van der Waals surface area contributed by atoms with Gasteiger partial charge in [-0.25, -0.2) is 0 Å². The molecule has 0 saturated carbocycles. The van der Waals surface area contributed by atoms with Crippen molar-refractivity contribution in [3.8, 4) is 11.5 Å². The number of carbonyl (C=O) groups is 1. The van der Waals surface area contributed by atoms with Crippen molar-refractivity contribution < 1.29 is 15.0 Å². The van der Waals surface area contributed by atoms with Gasteiger partial charge in [0.25, 0.3) is 5.91 Å². The number of anilines is 1. The number of phenols is 2. The van der Waals surface area contributed by atoms with E-state index in [1.54, 1.807) is 4.90 Å². The largest absolute Gasteiger partial charge is 0.504 e. The van der Waals surface area contributed by atoms with Crippen molar-refractivity contribution in [3.05, 3.63) is 53.6 Å². The quantitative estimate of drug-likeness (QED) is 0.782. The average Bonchev–Trinajstić information content (AvgIpc) is 2.77. The average molecular weight is 269 g/mol. The monoisotopic (exact) mass is 269 g/mol. The summed E-state index contributed by atoms with van der Waals surface area (Å²) in [4.78, 5) is 14.4. The van der Waals surface area contributed by atoms with Crippen LogP contribution in [-0.2, 0) is 6.42 Å². The first-order valence-electron chi connectivity index (χ1n) is 6.51. The fourth-order valence-electron chi connectivity index (χ4n) is 2.67. The molecule has 0 aromatic heterocycles. The molecular formula is C16H15NO3. The molecule has 0 radical (unpaired) electrons. The summed E-state index contributed by atoms with van der Waals surface area (Å²) < 4.78 is 0. The predicted octanol–water partition coefficient (Wildman–Crippen LogP) is 2.69. The van der Waals surface area contributed by atoms with Gasteiger partial charge < -0.3 is 15.1 Å². The zero-order valence-electron chi connectivity index (χ0n) is 11.1. The number of phenolic OH excluding ortho intramolecular Hbond substituents is 2. The third-order valence-corrected chi connectivity index (χ3v) is 3.65. The molecule has 1 unspecified atom stereocenters. The molecule has 1 aliphatic heterocycles. The minimum atomic E-state index is -0.281. The van der Waals surface area contributed by atoms with Gasteiger partial charge in [0.05, 0.1) is 0 Å². The molecule has 4 heteroatoms. The maximum absolute atomic E-state index is 12.6. The summed E-state index contributed by atoms with van der Waals surface area (Å²) in [6.07, 6.45) is 0.825. The summed E-state index contributed by atoms with van der Waals surface area (Å²) in [6.45, 7) is 2.00. The van der Waals surface area contributed by atoms with Gasteiger partial charge >= 0.3 is 0 Å². The Morgan fingerprint density at radius 3 is 2.65 bits per heavy atom. The molecule has 0 aliphatic carbocycles. The third kappa shape index (κ3) is 1.90. The molecule has 1 heterocycles. The first-order valence-corrected chi connectivity index (χ1v) is 6.51. The van der Waals surface area contributed by atoms with Crippen LogP contribution in [0.5, 0.6) is 11.5 Å². The Hall–Kier alpha value is -2.49. The van der Waals surface area contributed by atoms with Gasteiger partial charge in [-0.15, -0.1) is 0 Å². The molecule has 102 valence electrons. The van der Waals surface area contributed by atoms with Gasteiger partial charge in [-0.3, -0.25) is 4.79 Å². The van der Waals surface area contributed by atoms with Gasteiger partial charge in [0, 0.05) is 17.3 Å². The highest BCUT2D eigenvalue weighted by Gasteiger charge is 2.31. The zero-order chi connectivity index (χ0) is 14.3. The van der Waals surface area contributed by atoms with Crippen LogP contribution in [0.3, 0.4) is 0 Å². The standard InChI is InChI=1S/C16H15NO3/c1-10-8-11-4-2-3-5-13(11)17(10)16(20)12-6-7-14(18)15(19)9-12/h2-7,9-10,18-19H,8H2,1H3. The lowest BCUT2D eigenvalue weighted by Gasteiger charge is -2.23. The molecule has 20 heavy (non-hydrogen) atoms. The van der Waals surface area contributed by atoms with Crippen LogP contribution in [0, 0.1) is 0 Å². The Kier molecular flexibility index (Phi) is 2.86. The van der Waals surface area contributed by atoms with E-state index in [9.17, 15) is 15.0 Å². The summed E-state index contributed by atoms with van der Waals surface area (Å²) in [5.74, 6) is -0.676. The van der Waals surface area contributed by atoms with E-state index in [4.69, 9.17) is 0 Å². The molecular weight excluding hydrogens is 254 g/mol. The number of hydrogen-bond donors (Lipinski definition) is 2. The van der Waals surface area contributed by atoms with Crippen molar-refractivity contribution >= 4 is 11.6 Å². The molecule has 4 nitrogen and oxygen atoms in total. The highest BCUT2D eigenvalue weighted by atomic mass is 16.3. The number of nitrogens with zero attached hydrogens (tertiary/aromatic N) is 1. The summed E-state index contributed by atoms with van der Waals surface area (Å²) in [7, 11) is 0. The lowest BCUT2D eigenvalue weighted by Crippen LogP contribution is -2.35. The third-order valence-electron chi connectivity index (χ3n) is 3.65. The van der Waals surface area contributed by atoms with Crippen molar-refractivity contribution in [2.24, 2.45) is 0 Å². The molecule has 2 aromatic rings. The van der Waals surface area contributed by atoms with Crippen LogP contribution >= 0.6 is 0 Å². The van der Waals surface area contributed by atoms with Crippen molar-refractivity contribution in [2.75, 3.05) is 4.90 Å². The fraction of sp³-hybridized carbons (Fsp3) is 0.188. The highest BCUT2D eigenvalue weighted by molar-refractivity contribution is 6.08. The molecule has 0 fully saturated rings. The maximum Gasteiger partial charge on any atom is 0.258 e. The van der Waals surface area contributed by atoms with Gasteiger partial charge in [-0.1, -0.05) is 18.2 Å². The molecule has 1 atom stereocenters. The van der Waals surface area contributed by atoms with Gasteiger partial charge in [0.15, 0.2) is 11.5 Å². The van der Waals surface area contributed by atoms with E-state index in [0.717, 1.165) is 17.7 Å². The second kappa shape index (κ2) is 4.56. The van der Waals surface area contributed by atoms with Gasteiger partial charge in [-0.05, 0) is 43.2 Å². The van der Waals surface area contributed by atoms with Crippen molar-refractivity contribution in [2.45, 2.75) is 19.4 Å². The minimum absolute atomic E-state index is 0.0795. The lowest BCUT2D eigenvalue weighted by atomic mass is 10.1. The van der Waals surface area contributed by atoms with Gasteiger partial charge in [-0.2, -0.15) is 0 Å². The van der Waals surface area contributed by atoms with E-state index in [1.807, 2.05) is 31.2 Å². The van der Waals surface area contributed by atoms with Crippen LogP contribution in [0.1, 0.15) is 22.8 Å². The minimum Gasteiger partial charge on any atom is -0.504 e. The van der Waals surface area contributed by atoms with E-state index in [0.29, 0.717) is 5.56 Å². The van der Waals surface area contributed by atoms with Crippen molar-refractivity contribution in [1.29, 1.82) is 0 Å². The molecule has 1 aliphatic rings. The van der Waals surface area contributed by atoms with Gasteiger partial charge in [0.2, 0.25) is 0 Å². The Bertz CT molecular complexity index is 681. The van der Waals surface area contributed by atoms with Crippen LogP contribution in [0.4, 0.5) is 5.69 Å². The molecule has 0 spiro atoms. The first-order chi connectivity index (χ1) is 9.58. The predicted molar refractivity (Wildman–Crippen MR) is 76.2 cm³/mol. The number of aromatic hydroxyl groups is 2. The number of rotatable bonds is 1. The van der Waals surface area contributed by atoms with Crippen molar-refractivity contribution in [1.82, 2.24) is 0 Å². The number of fused-ring (bicyclic) bond motifs is 1. The normalized spacial score (nSPS) is 17.1. The van der Waals surface area contributed by atoms with Crippen LogP contribution in [-0.4, -0.2) is 22.2 Å². The number of benzene rings is 2.